The zero-order valence-electron chi connectivity index (χ0n) is 15.6. The molecule has 0 fully saturated rings. The van der Waals surface area contributed by atoms with E-state index >= 15 is 0 Å². The van der Waals surface area contributed by atoms with Crippen LogP contribution in [0.25, 0.3) is 10.9 Å². The lowest BCUT2D eigenvalue weighted by atomic mass is 9.86. The molecular formula is C21H23FN2O3. The van der Waals surface area contributed by atoms with E-state index in [1.54, 1.807) is 0 Å². The number of aliphatic hydroxyl groups excluding tert-OH is 1. The smallest absolute Gasteiger partial charge is 0.261 e. The Labute approximate surface area is 157 Å². The average Bonchev–Trinajstić information content (AvgIpc) is 2.62. The lowest BCUT2D eigenvalue weighted by molar-refractivity contribution is 0.0905. The molecule has 1 N–H and O–H groups in total. The normalized spacial score (nSPS) is 12.9. The number of para-hydroxylation sites is 1. The Bertz CT molecular complexity index is 1010. The van der Waals surface area contributed by atoms with Gasteiger partial charge in [0.15, 0.2) is 0 Å². The molecule has 27 heavy (non-hydrogen) atoms. The zero-order chi connectivity index (χ0) is 19.6. The molecule has 0 aliphatic rings. The summed E-state index contributed by atoms with van der Waals surface area (Å²) in [6.07, 6.45) is 0.423. The molecule has 3 rings (SSSR count). The first kappa shape index (κ1) is 19.0. The molecule has 1 atom stereocenters. The molecule has 5 nitrogen and oxygen atoms in total. The molecule has 3 aromatic rings. The highest BCUT2D eigenvalue weighted by atomic mass is 19.1. The molecule has 1 aromatic heterocycles. The lowest BCUT2D eigenvalue weighted by Crippen LogP contribution is -2.30. The van der Waals surface area contributed by atoms with E-state index in [4.69, 9.17) is 4.74 Å². The molecule has 0 spiro atoms. The second kappa shape index (κ2) is 7.48. The summed E-state index contributed by atoms with van der Waals surface area (Å²) in [5.74, 6) is 0.265. The molecule has 0 bridgehead atoms. The van der Waals surface area contributed by atoms with E-state index in [0.29, 0.717) is 16.7 Å². The van der Waals surface area contributed by atoms with Crippen molar-refractivity contribution in [3.05, 3.63) is 70.5 Å². The van der Waals surface area contributed by atoms with E-state index in [-0.39, 0.29) is 24.1 Å². The monoisotopic (exact) mass is 370 g/mol. The molecule has 0 aliphatic carbocycles. The molecule has 142 valence electrons. The maximum Gasteiger partial charge on any atom is 0.261 e. The fourth-order valence-electron chi connectivity index (χ4n) is 2.94. The van der Waals surface area contributed by atoms with Crippen LogP contribution >= 0.6 is 0 Å². The fourth-order valence-corrected chi connectivity index (χ4v) is 2.94. The number of hydrogen-bond donors (Lipinski definition) is 1. The Morgan fingerprint density at radius 3 is 2.70 bits per heavy atom. The van der Waals surface area contributed by atoms with Gasteiger partial charge in [0.25, 0.3) is 5.56 Å². The summed E-state index contributed by atoms with van der Waals surface area (Å²) in [5.41, 5.74) is 0.926. The van der Waals surface area contributed by atoms with Gasteiger partial charge >= 0.3 is 0 Å². The first-order chi connectivity index (χ1) is 12.8. The molecule has 1 heterocycles. The summed E-state index contributed by atoms with van der Waals surface area (Å²) in [6.45, 7) is 6.36. The van der Waals surface area contributed by atoms with E-state index in [1.165, 1.54) is 29.1 Å². The molecule has 0 saturated heterocycles. The first-order valence-electron chi connectivity index (χ1n) is 8.81. The highest BCUT2D eigenvalue weighted by molar-refractivity contribution is 5.77. The molecule has 0 amide bonds. The van der Waals surface area contributed by atoms with E-state index in [9.17, 15) is 14.3 Å². The highest BCUT2D eigenvalue weighted by Gasteiger charge is 2.19. The van der Waals surface area contributed by atoms with E-state index in [2.05, 4.69) is 25.8 Å². The van der Waals surface area contributed by atoms with Crippen molar-refractivity contribution in [2.45, 2.75) is 38.8 Å². The zero-order valence-corrected chi connectivity index (χ0v) is 15.6. The van der Waals surface area contributed by atoms with Gasteiger partial charge in [-0.15, -0.1) is 0 Å². The van der Waals surface area contributed by atoms with Crippen molar-refractivity contribution in [1.82, 2.24) is 9.55 Å². The Hall–Kier alpha value is -2.73. The van der Waals surface area contributed by atoms with Crippen molar-refractivity contribution in [1.29, 1.82) is 0 Å². The highest BCUT2D eigenvalue weighted by Crippen LogP contribution is 2.30. The van der Waals surface area contributed by atoms with Crippen LogP contribution in [-0.4, -0.2) is 27.4 Å². The largest absolute Gasteiger partial charge is 0.491 e. The Morgan fingerprint density at radius 2 is 1.96 bits per heavy atom. The summed E-state index contributed by atoms with van der Waals surface area (Å²) < 4.78 is 20.4. The van der Waals surface area contributed by atoms with Gasteiger partial charge in [0.05, 0.1) is 23.8 Å². The maximum absolute atomic E-state index is 13.3. The van der Waals surface area contributed by atoms with Gasteiger partial charge in [0.2, 0.25) is 0 Å². The van der Waals surface area contributed by atoms with Crippen molar-refractivity contribution in [2.24, 2.45) is 0 Å². The van der Waals surface area contributed by atoms with Crippen LogP contribution in [0, 0.1) is 5.82 Å². The SMILES string of the molecule is CC(C)(C)c1ccccc1OCC(O)Cn1cnc2cc(F)ccc2c1=O. The number of benzene rings is 2. The topological polar surface area (TPSA) is 64.3 Å². The molecule has 6 heteroatoms. The number of hydrogen-bond acceptors (Lipinski definition) is 4. The van der Waals surface area contributed by atoms with Gasteiger partial charge in [-0.25, -0.2) is 9.37 Å². The molecular weight excluding hydrogens is 347 g/mol. The van der Waals surface area contributed by atoms with Crippen LogP contribution in [-0.2, 0) is 12.0 Å². The van der Waals surface area contributed by atoms with E-state index in [1.807, 2.05) is 24.3 Å². The Morgan fingerprint density at radius 1 is 1.22 bits per heavy atom. The minimum atomic E-state index is -0.893. The minimum Gasteiger partial charge on any atom is -0.491 e. The number of halogens is 1. The number of ether oxygens (including phenoxy) is 1. The van der Waals surface area contributed by atoms with E-state index in [0.717, 1.165) is 5.56 Å². The van der Waals surface area contributed by atoms with Crippen molar-refractivity contribution in [3.63, 3.8) is 0 Å². The standard InChI is InChI=1S/C21H23FN2O3/c1-21(2,3)17-6-4-5-7-19(17)27-12-15(25)11-24-13-23-18-10-14(22)8-9-16(18)20(24)26/h4-10,13,15,25H,11-12H2,1-3H3. The minimum absolute atomic E-state index is 0.0385. The number of aliphatic hydroxyl groups is 1. The van der Waals surface area contributed by atoms with Crippen LogP contribution in [0.15, 0.2) is 53.6 Å². The quantitative estimate of drug-likeness (QED) is 0.749. The van der Waals surface area contributed by atoms with Gasteiger partial charge in [-0.3, -0.25) is 9.36 Å². The second-order valence-electron chi connectivity index (χ2n) is 7.57. The fraction of sp³-hybridized carbons (Fsp3) is 0.333. The van der Waals surface area contributed by atoms with Crippen molar-refractivity contribution in [3.8, 4) is 5.75 Å². The lowest BCUT2D eigenvalue weighted by Gasteiger charge is -2.23. The molecule has 1 unspecified atom stereocenters. The van der Waals surface area contributed by atoms with Gasteiger partial charge in [-0.1, -0.05) is 39.0 Å². The third kappa shape index (κ3) is 4.34. The number of fused-ring (bicyclic) bond motifs is 1. The molecule has 2 aromatic carbocycles. The third-order valence-corrected chi connectivity index (χ3v) is 4.32. The van der Waals surface area contributed by atoms with Crippen molar-refractivity contribution < 1.29 is 14.2 Å². The first-order valence-corrected chi connectivity index (χ1v) is 8.81. The molecule has 0 radical (unpaired) electrons. The van der Waals surface area contributed by atoms with Crippen molar-refractivity contribution in [2.75, 3.05) is 6.61 Å². The number of aromatic nitrogens is 2. The van der Waals surface area contributed by atoms with Gasteiger partial charge in [0, 0.05) is 6.07 Å². The van der Waals surface area contributed by atoms with Crippen LogP contribution < -0.4 is 10.3 Å². The predicted molar refractivity (Wildman–Crippen MR) is 103 cm³/mol. The predicted octanol–water partition coefficient (Wildman–Crippen LogP) is 3.27. The van der Waals surface area contributed by atoms with Gasteiger partial charge in [-0.2, -0.15) is 0 Å². The summed E-state index contributed by atoms with van der Waals surface area (Å²) in [6, 6.07) is 11.5. The van der Waals surface area contributed by atoms with Crippen molar-refractivity contribution >= 4 is 10.9 Å². The maximum atomic E-state index is 13.3. The van der Waals surface area contributed by atoms with Crippen LogP contribution in [0.2, 0.25) is 0 Å². The van der Waals surface area contributed by atoms with Gasteiger partial charge in [-0.05, 0) is 29.2 Å². The summed E-state index contributed by atoms with van der Waals surface area (Å²) in [5, 5.41) is 10.6. The van der Waals surface area contributed by atoms with Crippen LogP contribution in [0.5, 0.6) is 5.75 Å². The third-order valence-electron chi connectivity index (χ3n) is 4.32. The summed E-state index contributed by atoms with van der Waals surface area (Å²) >= 11 is 0. The van der Waals surface area contributed by atoms with Gasteiger partial charge < -0.3 is 9.84 Å². The molecule has 0 aliphatic heterocycles. The molecule has 0 saturated carbocycles. The second-order valence-corrected chi connectivity index (χ2v) is 7.57. The summed E-state index contributed by atoms with van der Waals surface area (Å²) in [4.78, 5) is 16.6. The Balaban J connectivity index is 1.73. The van der Waals surface area contributed by atoms with Gasteiger partial charge in [0.1, 0.15) is 24.3 Å². The van der Waals surface area contributed by atoms with E-state index < -0.39 is 11.9 Å². The summed E-state index contributed by atoms with van der Waals surface area (Å²) in [7, 11) is 0. The Kier molecular flexibility index (Phi) is 5.28. The average molecular weight is 370 g/mol. The van der Waals surface area contributed by atoms with Crippen LogP contribution in [0.3, 0.4) is 0 Å². The number of rotatable bonds is 5. The van der Waals surface area contributed by atoms with Crippen LogP contribution in [0.1, 0.15) is 26.3 Å². The van der Waals surface area contributed by atoms with Crippen LogP contribution in [0.4, 0.5) is 4.39 Å². The number of nitrogens with zero attached hydrogens (tertiary/aromatic N) is 2.